The summed E-state index contributed by atoms with van der Waals surface area (Å²) in [5.41, 5.74) is 1.76. The summed E-state index contributed by atoms with van der Waals surface area (Å²) in [6, 6.07) is 8.54. The van der Waals surface area contributed by atoms with Gasteiger partial charge in [-0.3, -0.25) is 0 Å². The van der Waals surface area contributed by atoms with Gasteiger partial charge in [0.05, 0.1) is 6.10 Å². The highest BCUT2D eigenvalue weighted by atomic mass is 16.5. The highest BCUT2D eigenvalue weighted by Gasteiger charge is 2.25. The van der Waals surface area contributed by atoms with Crippen molar-refractivity contribution in [2.45, 2.75) is 12.5 Å². The number of nitrogens with zero attached hydrogens (tertiary/aromatic N) is 2. The van der Waals surface area contributed by atoms with Crippen LogP contribution in [0, 0.1) is 0 Å². The lowest BCUT2D eigenvalue weighted by molar-refractivity contribution is 0.121. The minimum atomic E-state index is 0.301. The number of benzene rings is 1. The molecule has 4 heteroatoms. The van der Waals surface area contributed by atoms with Gasteiger partial charge in [-0.25, -0.2) is 0 Å². The summed E-state index contributed by atoms with van der Waals surface area (Å²) in [5, 5.41) is 0. The maximum atomic E-state index is 5.70. The van der Waals surface area contributed by atoms with Crippen LogP contribution in [-0.2, 0) is 4.74 Å². The SMILES string of the molecule is COC1CCN(c2nc3ccccc3o2)C1. The van der Waals surface area contributed by atoms with Crippen LogP contribution in [0.15, 0.2) is 28.7 Å². The Morgan fingerprint density at radius 3 is 3.06 bits per heavy atom. The van der Waals surface area contributed by atoms with Crippen LogP contribution in [0.25, 0.3) is 11.1 Å². The largest absolute Gasteiger partial charge is 0.423 e. The van der Waals surface area contributed by atoms with E-state index >= 15 is 0 Å². The molecule has 0 aliphatic carbocycles. The van der Waals surface area contributed by atoms with E-state index in [0.717, 1.165) is 30.6 Å². The number of methoxy groups -OCH3 is 1. The molecule has 16 heavy (non-hydrogen) atoms. The topological polar surface area (TPSA) is 38.5 Å². The molecule has 1 aliphatic heterocycles. The fraction of sp³-hybridized carbons (Fsp3) is 0.417. The summed E-state index contributed by atoms with van der Waals surface area (Å²) in [5.74, 6) is 0. The van der Waals surface area contributed by atoms with Crippen molar-refractivity contribution < 1.29 is 9.15 Å². The van der Waals surface area contributed by atoms with E-state index in [1.165, 1.54) is 0 Å². The molecule has 0 radical (unpaired) electrons. The fourth-order valence-corrected chi connectivity index (χ4v) is 2.09. The van der Waals surface area contributed by atoms with Crippen LogP contribution >= 0.6 is 0 Å². The molecular weight excluding hydrogens is 204 g/mol. The van der Waals surface area contributed by atoms with Crippen LogP contribution in [0.5, 0.6) is 0 Å². The zero-order valence-corrected chi connectivity index (χ0v) is 9.22. The maximum Gasteiger partial charge on any atom is 0.298 e. The van der Waals surface area contributed by atoms with Crippen molar-refractivity contribution in [1.82, 2.24) is 4.98 Å². The summed E-state index contributed by atoms with van der Waals surface area (Å²) < 4.78 is 11.0. The number of rotatable bonds is 2. The number of hydrogen-bond acceptors (Lipinski definition) is 4. The Labute approximate surface area is 93.8 Å². The number of oxazole rings is 1. The molecule has 0 N–H and O–H groups in total. The van der Waals surface area contributed by atoms with E-state index < -0.39 is 0 Å². The van der Waals surface area contributed by atoms with Crippen LogP contribution < -0.4 is 4.90 Å². The van der Waals surface area contributed by atoms with E-state index in [1.54, 1.807) is 7.11 Å². The van der Waals surface area contributed by atoms with Crippen molar-refractivity contribution in [3.05, 3.63) is 24.3 Å². The van der Waals surface area contributed by atoms with E-state index in [-0.39, 0.29) is 0 Å². The lowest BCUT2D eigenvalue weighted by atomic mass is 10.3. The van der Waals surface area contributed by atoms with Gasteiger partial charge in [0.15, 0.2) is 5.58 Å². The second-order valence-electron chi connectivity index (χ2n) is 4.06. The van der Waals surface area contributed by atoms with E-state index in [0.29, 0.717) is 12.1 Å². The van der Waals surface area contributed by atoms with Gasteiger partial charge in [0.1, 0.15) is 5.52 Å². The third-order valence-corrected chi connectivity index (χ3v) is 3.03. The standard InChI is InChI=1S/C12H14N2O2/c1-15-9-6-7-14(8-9)12-13-10-4-2-3-5-11(10)16-12/h2-5,9H,6-8H2,1H3. The van der Waals surface area contributed by atoms with E-state index in [9.17, 15) is 0 Å². The fourth-order valence-electron chi connectivity index (χ4n) is 2.09. The molecule has 1 saturated heterocycles. The quantitative estimate of drug-likeness (QED) is 0.773. The summed E-state index contributed by atoms with van der Waals surface area (Å²) in [7, 11) is 1.75. The summed E-state index contributed by atoms with van der Waals surface area (Å²) in [6.45, 7) is 1.81. The van der Waals surface area contributed by atoms with Crippen LogP contribution in [0.3, 0.4) is 0 Å². The van der Waals surface area contributed by atoms with Gasteiger partial charge in [0, 0.05) is 20.2 Å². The predicted molar refractivity (Wildman–Crippen MR) is 61.6 cm³/mol. The van der Waals surface area contributed by atoms with Gasteiger partial charge in [-0.1, -0.05) is 12.1 Å². The van der Waals surface area contributed by atoms with Gasteiger partial charge >= 0.3 is 0 Å². The highest BCUT2D eigenvalue weighted by Crippen LogP contribution is 2.25. The number of anilines is 1. The summed E-state index contributed by atoms with van der Waals surface area (Å²) in [4.78, 5) is 6.60. The average molecular weight is 218 g/mol. The molecule has 1 fully saturated rings. The molecule has 0 saturated carbocycles. The second kappa shape index (κ2) is 3.79. The molecule has 2 heterocycles. The van der Waals surface area contributed by atoms with Gasteiger partial charge < -0.3 is 14.1 Å². The lowest BCUT2D eigenvalue weighted by Gasteiger charge is -2.12. The first-order valence-corrected chi connectivity index (χ1v) is 5.50. The Bertz CT molecular complexity index is 461. The van der Waals surface area contributed by atoms with Crippen molar-refractivity contribution in [1.29, 1.82) is 0 Å². The van der Waals surface area contributed by atoms with Crippen LogP contribution in [0.1, 0.15) is 6.42 Å². The molecule has 84 valence electrons. The van der Waals surface area contributed by atoms with Gasteiger partial charge in [0.25, 0.3) is 6.01 Å². The average Bonchev–Trinajstić information content (AvgIpc) is 2.95. The second-order valence-corrected chi connectivity index (χ2v) is 4.06. The summed E-state index contributed by atoms with van der Waals surface area (Å²) in [6.07, 6.45) is 1.34. The number of hydrogen-bond donors (Lipinski definition) is 0. The molecule has 0 spiro atoms. The Kier molecular flexibility index (Phi) is 2.29. The molecule has 2 aromatic rings. The molecule has 1 unspecified atom stereocenters. The van der Waals surface area contributed by atoms with Crippen LogP contribution in [0.2, 0.25) is 0 Å². The molecule has 1 aromatic carbocycles. The zero-order valence-electron chi connectivity index (χ0n) is 9.22. The molecule has 0 bridgehead atoms. The molecular formula is C12H14N2O2. The van der Waals surface area contributed by atoms with Crippen molar-refractivity contribution in [3.8, 4) is 0 Å². The van der Waals surface area contributed by atoms with E-state index in [1.807, 2.05) is 24.3 Å². The van der Waals surface area contributed by atoms with Crippen molar-refractivity contribution >= 4 is 17.1 Å². The first-order valence-electron chi connectivity index (χ1n) is 5.50. The highest BCUT2D eigenvalue weighted by molar-refractivity contribution is 5.74. The summed E-state index contributed by atoms with van der Waals surface area (Å²) >= 11 is 0. The van der Waals surface area contributed by atoms with Crippen LogP contribution in [0.4, 0.5) is 6.01 Å². The predicted octanol–water partition coefficient (Wildman–Crippen LogP) is 2.05. The molecule has 1 atom stereocenters. The van der Waals surface area contributed by atoms with Gasteiger partial charge in [-0.15, -0.1) is 0 Å². The third-order valence-electron chi connectivity index (χ3n) is 3.03. The number of aromatic nitrogens is 1. The first-order chi connectivity index (χ1) is 7.86. The Morgan fingerprint density at radius 2 is 2.31 bits per heavy atom. The lowest BCUT2D eigenvalue weighted by Crippen LogP contribution is -2.22. The number of ether oxygens (including phenoxy) is 1. The molecule has 3 rings (SSSR count). The van der Waals surface area contributed by atoms with Crippen LogP contribution in [-0.4, -0.2) is 31.3 Å². The minimum Gasteiger partial charge on any atom is -0.423 e. The molecule has 1 aliphatic rings. The van der Waals surface area contributed by atoms with E-state index in [2.05, 4.69) is 9.88 Å². The minimum absolute atomic E-state index is 0.301. The monoisotopic (exact) mass is 218 g/mol. The maximum absolute atomic E-state index is 5.70. The number of fused-ring (bicyclic) bond motifs is 1. The Morgan fingerprint density at radius 1 is 1.44 bits per heavy atom. The molecule has 1 aromatic heterocycles. The normalized spacial score (nSPS) is 20.8. The van der Waals surface area contributed by atoms with E-state index in [4.69, 9.17) is 9.15 Å². The van der Waals surface area contributed by atoms with Gasteiger partial charge in [-0.05, 0) is 18.6 Å². The zero-order chi connectivity index (χ0) is 11.0. The van der Waals surface area contributed by atoms with Crippen molar-refractivity contribution in [2.24, 2.45) is 0 Å². The molecule has 0 amide bonds. The Hall–Kier alpha value is -1.55. The van der Waals surface area contributed by atoms with Gasteiger partial charge in [-0.2, -0.15) is 4.98 Å². The number of para-hydroxylation sites is 2. The van der Waals surface area contributed by atoms with Gasteiger partial charge in [0.2, 0.25) is 0 Å². The smallest absolute Gasteiger partial charge is 0.298 e. The van der Waals surface area contributed by atoms with Crippen molar-refractivity contribution in [3.63, 3.8) is 0 Å². The molecule has 4 nitrogen and oxygen atoms in total. The Balaban J connectivity index is 1.89. The van der Waals surface area contributed by atoms with Crippen molar-refractivity contribution in [2.75, 3.05) is 25.1 Å². The first kappa shape index (κ1) is 9.66. The third kappa shape index (κ3) is 1.55.